The third kappa shape index (κ3) is 7.31. The maximum Gasteiger partial charge on any atom is 0.328 e. The molecule has 0 heterocycles. The number of nitrogens with zero attached hydrogens (tertiary/aromatic N) is 1. The second-order valence-corrected chi connectivity index (χ2v) is 10.4. The number of carbonyl (C=O) groups excluding carboxylic acids is 3. The molecule has 1 N–H and O–H groups in total. The van der Waals surface area contributed by atoms with E-state index < -0.39 is 12.0 Å². The summed E-state index contributed by atoms with van der Waals surface area (Å²) < 4.78 is 11.0. The summed E-state index contributed by atoms with van der Waals surface area (Å²) in [5.74, 6) is 0.0119. The van der Waals surface area contributed by atoms with E-state index >= 15 is 0 Å². The van der Waals surface area contributed by atoms with Gasteiger partial charge in [0.05, 0.1) is 13.7 Å². The predicted octanol–water partition coefficient (Wildman–Crippen LogP) is 6.70. The molecule has 0 aliphatic rings. The molecule has 0 spiro atoms. The Balaban J connectivity index is 1.22. The van der Waals surface area contributed by atoms with Gasteiger partial charge in [-0.25, -0.2) is 4.79 Å². The van der Waals surface area contributed by atoms with Gasteiger partial charge < -0.3 is 19.7 Å². The smallest absolute Gasteiger partial charge is 0.328 e. The van der Waals surface area contributed by atoms with Crippen LogP contribution in [0, 0.1) is 0 Å². The molecule has 0 aromatic heterocycles. The topological polar surface area (TPSA) is 84.9 Å². The molecule has 0 aliphatic heterocycles. The average molecular weight is 587 g/mol. The molecule has 5 rings (SSSR count). The molecule has 44 heavy (non-hydrogen) atoms. The first-order valence-electron chi connectivity index (χ1n) is 14.4. The number of fused-ring (bicyclic) bond motifs is 1. The predicted molar refractivity (Wildman–Crippen MR) is 173 cm³/mol. The lowest BCUT2D eigenvalue weighted by molar-refractivity contribution is -0.141. The van der Waals surface area contributed by atoms with Gasteiger partial charge in [0.2, 0.25) is 5.91 Å². The van der Waals surface area contributed by atoms with Crippen molar-refractivity contribution in [1.29, 1.82) is 0 Å². The lowest BCUT2D eigenvalue weighted by atomic mass is 10.00. The van der Waals surface area contributed by atoms with E-state index in [0.717, 1.165) is 22.0 Å². The van der Waals surface area contributed by atoms with Gasteiger partial charge in [0.15, 0.2) is 5.78 Å². The van der Waals surface area contributed by atoms with Crippen LogP contribution in [0.2, 0.25) is 0 Å². The van der Waals surface area contributed by atoms with Crippen molar-refractivity contribution in [2.75, 3.05) is 30.5 Å². The number of ether oxygens (including phenoxy) is 2. The largest absolute Gasteiger partial charge is 0.492 e. The number of methoxy groups -OCH3 is 1. The van der Waals surface area contributed by atoms with Crippen LogP contribution in [0.15, 0.2) is 121 Å². The SMILES string of the molecule is COC(=O)[C@H](Cc1ccc(OCCN(C(C)=O)c2ccc3ccccc3c2)cc1)Nc1ccccc1C(=O)c1ccccc1. The monoisotopic (exact) mass is 586 g/mol. The van der Waals surface area contributed by atoms with Gasteiger partial charge in [-0.05, 0) is 52.7 Å². The van der Waals surface area contributed by atoms with E-state index in [1.165, 1.54) is 7.11 Å². The molecule has 0 saturated heterocycles. The van der Waals surface area contributed by atoms with Crippen LogP contribution in [0.25, 0.3) is 10.8 Å². The normalized spacial score (nSPS) is 11.4. The number of anilines is 2. The lowest BCUT2D eigenvalue weighted by Gasteiger charge is -2.22. The molecule has 0 saturated carbocycles. The quantitative estimate of drug-likeness (QED) is 0.129. The van der Waals surface area contributed by atoms with Gasteiger partial charge in [-0.1, -0.05) is 84.9 Å². The zero-order valence-corrected chi connectivity index (χ0v) is 24.7. The van der Waals surface area contributed by atoms with Crippen LogP contribution < -0.4 is 15.0 Å². The van der Waals surface area contributed by atoms with Crippen LogP contribution in [0.4, 0.5) is 11.4 Å². The maximum atomic E-state index is 13.2. The summed E-state index contributed by atoms with van der Waals surface area (Å²) in [6, 6.07) is 36.9. The Labute approximate surface area is 257 Å². The van der Waals surface area contributed by atoms with Gasteiger partial charge in [-0.15, -0.1) is 0 Å². The van der Waals surface area contributed by atoms with Gasteiger partial charge in [-0.2, -0.15) is 0 Å². The number of benzene rings is 5. The fraction of sp³-hybridized carbons (Fsp3) is 0.162. The van der Waals surface area contributed by atoms with E-state index in [2.05, 4.69) is 5.32 Å². The average Bonchev–Trinajstić information content (AvgIpc) is 3.06. The van der Waals surface area contributed by atoms with E-state index in [1.807, 2.05) is 91.0 Å². The Morgan fingerprint density at radius 1 is 0.773 bits per heavy atom. The van der Waals surface area contributed by atoms with Crippen molar-refractivity contribution in [2.45, 2.75) is 19.4 Å². The molecule has 0 unspecified atom stereocenters. The summed E-state index contributed by atoms with van der Waals surface area (Å²) in [7, 11) is 1.34. The number of hydrogen-bond donors (Lipinski definition) is 1. The molecule has 7 heteroatoms. The van der Waals surface area contributed by atoms with E-state index in [-0.39, 0.29) is 11.7 Å². The number of para-hydroxylation sites is 1. The Morgan fingerprint density at radius 3 is 2.18 bits per heavy atom. The molecule has 5 aromatic carbocycles. The highest BCUT2D eigenvalue weighted by atomic mass is 16.5. The maximum absolute atomic E-state index is 13.2. The minimum atomic E-state index is -0.720. The molecule has 1 atom stereocenters. The van der Waals surface area contributed by atoms with Crippen LogP contribution in [-0.2, 0) is 20.7 Å². The second-order valence-electron chi connectivity index (χ2n) is 10.4. The Hall–Kier alpha value is -5.43. The Morgan fingerprint density at radius 2 is 1.45 bits per heavy atom. The van der Waals surface area contributed by atoms with Crippen molar-refractivity contribution >= 4 is 39.8 Å². The van der Waals surface area contributed by atoms with Crippen LogP contribution in [0.1, 0.15) is 28.4 Å². The molecule has 0 radical (unpaired) electrons. The first-order chi connectivity index (χ1) is 21.4. The fourth-order valence-electron chi connectivity index (χ4n) is 5.10. The third-order valence-corrected chi connectivity index (χ3v) is 7.39. The van der Waals surface area contributed by atoms with Crippen molar-refractivity contribution in [2.24, 2.45) is 0 Å². The van der Waals surface area contributed by atoms with Gasteiger partial charge in [0.1, 0.15) is 18.4 Å². The van der Waals surface area contributed by atoms with Crippen molar-refractivity contribution < 1.29 is 23.9 Å². The van der Waals surface area contributed by atoms with Gasteiger partial charge >= 0.3 is 5.97 Å². The van der Waals surface area contributed by atoms with Crippen molar-refractivity contribution in [3.8, 4) is 5.75 Å². The summed E-state index contributed by atoms with van der Waals surface area (Å²) in [6.07, 6.45) is 0.334. The Kier molecular flexibility index (Phi) is 9.67. The van der Waals surface area contributed by atoms with Crippen molar-refractivity contribution in [3.05, 3.63) is 138 Å². The summed E-state index contributed by atoms with van der Waals surface area (Å²) in [6.45, 7) is 2.25. The minimum Gasteiger partial charge on any atom is -0.492 e. The van der Waals surface area contributed by atoms with Crippen molar-refractivity contribution in [3.63, 3.8) is 0 Å². The number of ketones is 1. The van der Waals surface area contributed by atoms with Crippen LogP contribution in [0.3, 0.4) is 0 Å². The Bertz CT molecular complexity index is 1750. The molecule has 0 fully saturated rings. The van der Waals surface area contributed by atoms with Crippen molar-refractivity contribution in [1.82, 2.24) is 0 Å². The number of hydrogen-bond acceptors (Lipinski definition) is 6. The minimum absolute atomic E-state index is 0.0624. The summed E-state index contributed by atoms with van der Waals surface area (Å²) in [5, 5.41) is 5.42. The molecule has 222 valence electrons. The van der Waals surface area contributed by atoms with E-state index in [1.54, 1.807) is 42.2 Å². The first kappa shape index (κ1) is 30.0. The highest BCUT2D eigenvalue weighted by Crippen LogP contribution is 2.24. The first-order valence-corrected chi connectivity index (χ1v) is 14.4. The number of esters is 1. The van der Waals surface area contributed by atoms with Crippen LogP contribution >= 0.6 is 0 Å². The van der Waals surface area contributed by atoms with E-state index in [4.69, 9.17) is 9.47 Å². The molecule has 0 aliphatic carbocycles. The van der Waals surface area contributed by atoms with Gasteiger partial charge in [-0.3, -0.25) is 9.59 Å². The highest BCUT2D eigenvalue weighted by molar-refractivity contribution is 6.12. The van der Waals surface area contributed by atoms with Crippen LogP contribution in [0.5, 0.6) is 5.75 Å². The van der Waals surface area contributed by atoms with Crippen LogP contribution in [-0.4, -0.2) is 44.0 Å². The van der Waals surface area contributed by atoms with E-state index in [0.29, 0.717) is 42.1 Å². The lowest BCUT2D eigenvalue weighted by Crippen LogP contribution is -2.33. The second kappa shape index (κ2) is 14.2. The fourth-order valence-corrected chi connectivity index (χ4v) is 5.10. The zero-order chi connectivity index (χ0) is 30.9. The molecule has 1 amide bonds. The number of amides is 1. The number of carbonyl (C=O) groups is 3. The van der Waals surface area contributed by atoms with Gasteiger partial charge in [0.25, 0.3) is 0 Å². The molecule has 0 bridgehead atoms. The molecule has 7 nitrogen and oxygen atoms in total. The number of rotatable bonds is 12. The molecule has 5 aromatic rings. The molecular weight excluding hydrogens is 552 g/mol. The molecular formula is C37H34N2O5. The zero-order valence-electron chi connectivity index (χ0n) is 24.7. The standard InChI is InChI=1S/C37H34N2O5/c1-26(40)39(31-19-18-28-10-6-7-13-30(28)25-31)22-23-44-32-20-16-27(17-21-32)24-35(37(42)43-2)38-34-15-9-8-14-33(34)36(41)29-11-4-3-5-12-29/h3-21,25,35,38H,22-24H2,1-2H3/t35-/m0/s1. The summed E-state index contributed by atoms with van der Waals surface area (Å²) >= 11 is 0. The third-order valence-electron chi connectivity index (χ3n) is 7.39. The summed E-state index contributed by atoms with van der Waals surface area (Å²) in [5.41, 5.74) is 3.30. The van der Waals surface area contributed by atoms with E-state index in [9.17, 15) is 14.4 Å². The van der Waals surface area contributed by atoms with Gasteiger partial charge in [0, 0.05) is 35.8 Å². The highest BCUT2D eigenvalue weighted by Gasteiger charge is 2.23. The summed E-state index contributed by atoms with van der Waals surface area (Å²) in [4.78, 5) is 40.1. The number of nitrogens with one attached hydrogen (secondary N) is 1.